The molecule has 0 spiro atoms. The van der Waals surface area contributed by atoms with Gasteiger partial charge in [0.15, 0.2) is 0 Å². The summed E-state index contributed by atoms with van der Waals surface area (Å²) in [6.45, 7) is 2.16. The van der Waals surface area contributed by atoms with Crippen LogP contribution in [0, 0.1) is 6.07 Å². The predicted molar refractivity (Wildman–Crippen MR) is 80.4 cm³/mol. The molecule has 0 amide bonds. The van der Waals surface area contributed by atoms with Gasteiger partial charge in [0.25, 0.3) is 0 Å². The molecular formula is C18H21IrN2-. The van der Waals surface area contributed by atoms with Crippen molar-refractivity contribution in [1.29, 1.82) is 0 Å². The molecule has 0 aliphatic heterocycles. The van der Waals surface area contributed by atoms with Crippen LogP contribution < -0.4 is 0 Å². The number of aromatic nitrogens is 2. The van der Waals surface area contributed by atoms with Crippen LogP contribution in [0.4, 0.5) is 0 Å². The van der Waals surface area contributed by atoms with Gasteiger partial charge in [-0.1, -0.05) is 32.6 Å². The number of hydrogen-bond donors (Lipinski definition) is 0. The van der Waals surface area contributed by atoms with Crippen LogP contribution in [0.5, 0.6) is 0 Å². The molecule has 0 fully saturated rings. The molecule has 1 radical (unpaired) electrons. The molecule has 2 aromatic rings. The number of benzene rings is 1. The SMILES string of the molecule is CCc1ccn(-c2[c-]cc3c4c2CCCC4CCC3)n1.[Ir]. The molecule has 3 heteroatoms. The van der Waals surface area contributed by atoms with Crippen molar-refractivity contribution in [1.82, 2.24) is 9.78 Å². The minimum atomic E-state index is 0. The second kappa shape index (κ2) is 6.06. The molecule has 1 unspecified atom stereocenters. The molecule has 0 saturated carbocycles. The van der Waals surface area contributed by atoms with Crippen LogP contribution in [-0.2, 0) is 39.4 Å². The number of hydrogen-bond acceptors (Lipinski definition) is 1. The summed E-state index contributed by atoms with van der Waals surface area (Å²) >= 11 is 0. The Morgan fingerprint density at radius 1 is 1.29 bits per heavy atom. The Morgan fingerprint density at radius 3 is 2.86 bits per heavy atom. The molecular weight excluding hydrogens is 436 g/mol. The molecule has 0 N–H and O–H groups in total. The number of nitrogens with zero attached hydrogens (tertiary/aromatic N) is 2. The van der Waals surface area contributed by atoms with Gasteiger partial charge in [-0.05, 0) is 36.9 Å². The van der Waals surface area contributed by atoms with E-state index in [-0.39, 0.29) is 20.1 Å². The van der Waals surface area contributed by atoms with E-state index in [1.807, 2.05) is 4.68 Å². The molecule has 4 rings (SSSR count). The summed E-state index contributed by atoms with van der Waals surface area (Å²) in [5.41, 5.74) is 7.11. The van der Waals surface area contributed by atoms with Gasteiger partial charge in [0.2, 0.25) is 0 Å². The molecule has 1 heterocycles. The zero-order valence-corrected chi connectivity index (χ0v) is 14.9. The molecule has 2 aliphatic rings. The van der Waals surface area contributed by atoms with Crippen LogP contribution in [0.2, 0.25) is 0 Å². The van der Waals surface area contributed by atoms with E-state index in [2.05, 4.69) is 31.3 Å². The van der Waals surface area contributed by atoms with Gasteiger partial charge < -0.3 is 0 Å². The Bertz CT molecular complexity index is 643. The monoisotopic (exact) mass is 458 g/mol. The van der Waals surface area contributed by atoms with Gasteiger partial charge in [0, 0.05) is 26.3 Å². The van der Waals surface area contributed by atoms with Crippen LogP contribution in [0.1, 0.15) is 60.9 Å². The maximum atomic E-state index is 4.69. The van der Waals surface area contributed by atoms with Crippen LogP contribution in [0.15, 0.2) is 18.3 Å². The third kappa shape index (κ3) is 2.51. The van der Waals surface area contributed by atoms with E-state index in [0.717, 1.165) is 18.0 Å². The zero-order valence-electron chi connectivity index (χ0n) is 12.5. The Labute approximate surface area is 140 Å². The number of rotatable bonds is 2. The third-order valence-corrected chi connectivity index (χ3v) is 4.96. The predicted octanol–water partition coefficient (Wildman–Crippen LogP) is 3.99. The number of aryl methyl sites for hydroxylation is 2. The zero-order chi connectivity index (χ0) is 13.5. The van der Waals surface area contributed by atoms with Gasteiger partial charge in [0.1, 0.15) is 0 Å². The largest absolute Gasteiger partial charge is 0.265 e. The fourth-order valence-electron chi connectivity index (χ4n) is 3.99. The Morgan fingerprint density at radius 2 is 2.10 bits per heavy atom. The van der Waals surface area contributed by atoms with E-state index in [1.54, 1.807) is 11.1 Å². The molecule has 21 heavy (non-hydrogen) atoms. The van der Waals surface area contributed by atoms with Crippen molar-refractivity contribution in [3.63, 3.8) is 0 Å². The second-order valence-corrected chi connectivity index (χ2v) is 6.14. The first-order chi connectivity index (χ1) is 9.86. The molecule has 0 bridgehead atoms. The molecule has 1 atom stereocenters. The molecule has 113 valence electrons. The minimum Gasteiger partial charge on any atom is -0.265 e. The Balaban J connectivity index is 0.00000132. The Hall–Kier alpha value is -0.921. The average molecular weight is 458 g/mol. The van der Waals surface area contributed by atoms with Crippen LogP contribution >= 0.6 is 0 Å². The van der Waals surface area contributed by atoms with E-state index in [9.17, 15) is 0 Å². The van der Waals surface area contributed by atoms with Crippen molar-refractivity contribution in [2.75, 3.05) is 0 Å². The first-order valence-electron chi connectivity index (χ1n) is 7.98. The van der Waals surface area contributed by atoms with Gasteiger partial charge in [-0.3, -0.25) is 4.68 Å². The fourth-order valence-corrected chi connectivity index (χ4v) is 3.99. The normalized spacial score (nSPS) is 19.8. The minimum absolute atomic E-state index is 0. The average Bonchev–Trinajstić information content (AvgIpc) is 2.97. The molecule has 2 aliphatic carbocycles. The second-order valence-electron chi connectivity index (χ2n) is 6.14. The first-order valence-corrected chi connectivity index (χ1v) is 7.98. The summed E-state index contributed by atoms with van der Waals surface area (Å²) in [7, 11) is 0. The van der Waals surface area contributed by atoms with Gasteiger partial charge in [0.05, 0.1) is 5.69 Å². The summed E-state index contributed by atoms with van der Waals surface area (Å²) < 4.78 is 2.05. The smallest absolute Gasteiger partial charge is 0.0625 e. The van der Waals surface area contributed by atoms with Gasteiger partial charge in [-0.15, -0.1) is 11.1 Å². The topological polar surface area (TPSA) is 17.8 Å². The van der Waals surface area contributed by atoms with E-state index in [1.165, 1.54) is 49.8 Å². The summed E-state index contributed by atoms with van der Waals surface area (Å²) in [6.07, 6.45) is 11.0. The van der Waals surface area contributed by atoms with Crippen molar-refractivity contribution in [3.05, 3.63) is 46.8 Å². The summed E-state index contributed by atoms with van der Waals surface area (Å²) in [5.74, 6) is 0.803. The molecule has 2 nitrogen and oxygen atoms in total. The standard InChI is InChI=1S/C18H21N2.Ir/c1-2-15-11-12-20(19-15)17-10-9-14-6-3-5-13-7-4-8-16(17)18(13)14;/h9,11-13H,2-8H2,1H3;/q-1;. The van der Waals surface area contributed by atoms with E-state index in [4.69, 9.17) is 5.10 Å². The van der Waals surface area contributed by atoms with Crippen LogP contribution in [0.25, 0.3) is 5.69 Å². The first kappa shape index (κ1) is 15.0. The maximum Gasteiger partial charge on any atom is 0.0625 e. The van der Waals surface area contributed by atoms with E-state index < -0.39 is 0 Å². The van der Waals surface area contributed by atoms with Gasteiger partial charge in [-0.2, -0.15) is 22.8 Å². The van der Waals surface area contributed by atoms with Gasteiger partial charge >= 0.3 is 0 Å². The van der Waals surface area contributed by atoms with Gasteiger partial charge in [-0.25, -0.2) is 0 Å². The van der Waals surface area contributed by atoms with Crippen LogP contribution in [-0.4, -0.2) is 9.78 Å². The summed E-state index contributed by atoms with van der Waals surface area (Å²) in [6, 6.07) is 7.89. The Kier molecular flexibility index (Phi) is 4.33. The summed E-state index contributed by atoms with van der Waals surface area (Å²) in [5, 5.41) is 4.69. The van der Waals surface area contributed by atoms with E-state index >= 15 is 0 Å². The molecule has 1 aromatic carbocycles. The summed E-state index contributed by atoms with van der Waals surface area (Å²) in [4.78, 5) is 0. The van der Waals surface area contributed by atoms with Crippen molar-refractivity contribution in [2.24, 2.45) is 0 Å². The van der Waals surface area contributed by atoms with E-state index in [0.29, 0.717) is 0 Å². The van der Waals surface area contributed by atoms with Crippen molar-refractivity contribution < 1.29 is 20.1 Å². The van der Waals surface area contributed by atoms with Crippen molar-refractivity contribution in [3.8, 4) is 5.69 Å². The third-order valence-electron chi connectivity index (χ3n) is 4.96. The molecule has 0 saturated heterocycles. The maximum absolute atomic E-state index is 4.69. The molecule has 1 aromatic heterocycles. The fraction of sp³-hybridized carbons (Fsp3) is 0.500. The van der Waals surface area contributed by atoms with Crippen LogP contribution in [0.3, 0.4) is 0 Å². The quantitative estimate of drug-likeness (QED) is 0.624. The van der Waals surface area contributed by atoms with Crippen molar-refractivity contribution in [2.45, 2.75) is 57.8 Å². The van der Waals surface area contributed by atoms with Crippen molar-refractivity contribution >= 4 is 0 Å².